The number of amides is 3. The van der Waals surface area contributed by atoms with Gasteiger partial charge >= 0.3 is 5.97 Å². The van der Waals surface area contributed by atoms with Gasteiger partial charge in [0.1, 0.15) is 11.6 Å². The summed E-state index contributed by atoms with van der Waals surface area (Å²) in [6.45, 7) is 2.70. The van der Waals surface area contributed by atoms with E-state index in [0.717, 1.165) is 37.5 Å². The van der Waals surface area contributed by atoms with Crippen molar-refractivity contribution in [1.29, 1.82) is 0 Å². The Kier molecular flexibility index (Phi) is 19.1. The van der Waals surface area contributed by atoms with Crippen molar-refractivity contribution >= 4 is 35.3 Å². The third-order valence-electron chi connectivity index (χ3n) is 10.3. The number of nitrogens with one attached hydrogen (secondary N) is 1. The van der Waals surface area contributed by atoms with Crippen LogP contribution < -0.4 is 5.48 Å². The van der Waals surface area contributed by atoms with Crippen LogP contribution in [0.5, 0.6) is 0 Å². The fourth-order valence-electron chi connectivity index (χ4n) is 7.49. The van der Waals surface area contributed by atoms with Crippen LogP contribution in [-0.4, -0.2) is 103 Å². The summed E-state index contributed by atoms with van der Waals surface area (Å²) in [5, 5.41) is 25.4. The van der Waals surface area contributed by atoms with Crippen LogP contribution in [0.3, 0.4) is 0 Å². The maximum absolute atomic E-state index is 12.3. The predicted octanol–water partition coefficient (Wildman–Crippen LogP) is 5.50. The van der Waals surface area contributed by atoms with E-state index in [9.17, 15) is 33.9 Å². The Hall–Kier alpha value is -4.54. The van der Waals surface area contributed by atoms with E-state index in [-0.39, 0.29) is 66.8 Å². The molecule has 55 heavy (non-hydrogen) atoms. The van der Waals surface area contributed by atoms with Crippen LogP contribution in [0.25, 0.3) is 0 Å². The van der Waals surface area contributed by atoms with Gasteiger partial charge in [-0.3, -0.25) is 34.0 Å². The number of hydroxylamine groups is 1. The van der Waals surface area contributed by atoms with E-state index in [2.05, 4.69) is 20.3 Å². The maximum Gasteiger partial charge on any atom is 0.304 e. The number of carboxylic acid groups (broad SMARTS) is 1. The summed E-state index contributed by atoms with van der Waals surface area (Å²) in [5.41, 5.74) is 1.63. The predicted molar refractivity (Wildman–Crippen MR) is 197 cm³/mol. The second kappa shape index (κ2) is 23.4. The largest absolute Gasteiger partial charge is 0.481 e. The molecule has 2 aliphatic rings. The Morgan fingerprint density at radius 1 is 0.691 bits per heavy atom. The average molecular weight is 774 g/mol. The lowest BCUT2D eigenvalue weighted by Crippen LogP contribution is -2.31. The monoisotopic (exact) mass is 773 g/mol. The smallest absolute Gasteiger partial charge is 0.304 e. The molecule has 0 aromatic carbocycles. The van der Waals surface area contributed by atoms with Gasteiger partial charge in [-0.1, -0.05) is 100 Å². The standard InChI is InChI=1S/C19H30N4O5.C19H29N3O5/c1-13(24)12-23(2)19(26)17-20-18(28-22-17)15(11-16(25)21-27)10-6-9-14-7-4-3-5-8-14;1-13(23)12-22(2)19(26)17-20-18(27-21-17)15(11-16(24)25)10-6-9-14-7-4-3-5-8-14/h14-15,27H,3-12H2,1-2H3,(H,21,25);14-15H,3-12H2,1-2H3,(H,24,25)/t2*15-/m11/s1. The summed E-state index contributed by atoms with van der Waals surface area (Å²) in [7, 11) is 2.97. The molecule has 0 unspecified atom stereocenters. The van der Waals surface area contributed by atoms with E-state index >= 15 is 0 Å². The molecule has 2 aromatic heterocycles. The summed E-state index contributed by atoms with van der Waals surface area (Å²) in [6, 6.07) is 0. The van der Waals surface area contributed by atoms with Gasteiger partial charge in [0.05, 0.1) is 19.5 Å². The van der Waals surface area contributed by atoms with Crippen molar-refractivity contribution in [3.05, 3.63) is 23.4 Å². The van der Waals surface area contributed by atoms with Gasteiger partial charge in [0, 0.05) is 32.4 Å². The van der Waals surface area contributed by atoms with Crippen LogP contribution >= 0.6 is 0 Å². The van der Waals surface area contributed by atoms with Gasteiger partial charge in [0.2, 0.25) is 17.7 Å². The normalized spacial score (nSPS) is 15.9. The number of rotatable bonds is 20. The minimum absolute atomic E-state index is 0.000273. The van der Waals surface area contributed by atoms with Crippen LogP contribution in [0.1, 0.15) is 174 Å². The first-order valence-corrected chi connectivity index (χ1v) is 19.6. The van der Waals surface area contributed by atoms with Crippen molar-refractivity contribution in [3.63, 3.8) is 0 Å². The molecular weight excluding hydrogens is 714 g/mol. The van der Waals surface area contributed by atoms with Crippen molar-refractivity contribution in [3.8, 4) is 0 Å². The van der Waals surface area contributed by atoms with Crippen molar-refractivity contribution in [1.82, 2.24) is 35.6 Å². The molecule has 0 radical (unpaired) electrons. The molecule has 17 nitrogen and oxygen atoms in total. The molecule has 2 saturated carbocycles. The maximum atomic E-state index is 12.3. The van der Waals surface area contributed by atoms with Gasteiger partial charge in [0.15, 0.2) is 0 Å². The van der Waals surface area contributed by atoms with Crippen molar-refractivity contribution in [2.24, 2.45) is 11.8 Å². The van der Waals surface area contributed by atoms with Crippen LogP contribution in [0, 0.1) is 11.8 Å². The summed E-state index contributed by atoms with van der Waals surface area (Å²) < 4.78 is 10.4. The van der Waals surface area contributed by atoms with Gasteiger partial charge in [-0.15, -0.1) is 0 Å². The number of carboxylic acids is 1. The number of likely N-dealkylation sites (N-methyl/N-ethyl adjacent to an activating group) is 2. The average Bonchev–Trinajstić information content (AvgIpc) is 3.85. The molecule has 0 bridgehead atoms. The molecule has 2 heterocycles. The molecule has 0 spiro atoms. The zero-order valence-electron chi connectivity index (χ0n) is 32.8. The van der Waals surface area contributed by atoms with E-state index in [1.54, 1.807) is 5.48 Å². The second-order valence-corrected chi connectivity index (χ2v) is 15.2. The van der Waals surface area contributed by atoms with E-state index in [1.807, 2.05) is 0 Å². The van der Waals surface area contributed by atoms with E-state index < -0.39 is 29.6 Å². The molecule has 0 saturated heterocycles. The number of aromatic nitrogens is 4. The van der Waals surface area contributed by atoms with Gasteiger partial charge in [-0.2, -0.15) is 9.97 Å². The molecule has 4 rings (SSSR count). The fourth-order valence-corrected chi connectivity index (χ4v) is 7.49. The Bertz CT molecular complexity index is 1550. The molecular formula is C38H59N7O10. The highest BCUT2D eigenvalue weighted by molar-refractivity contribution is 5.93. The van der Waals surface area contributed by atoms with Crippen molar-refractivity contribution in [2.45, 2.75) is 141 Å². The lowest BCUT2D eigenvalue weighted by atomic mass is 9.84. The van der Waals surface area contributed by atoms with E-state index in [4.69, 9.17) is 14.3 Å². The number of ketones is 2. The number of carbonyl (C=O) groups is 6. The zero-order chi connectivity index (χ0) is 40.3. The minimum Gasteiger partial charge on any atom is -0.481 e. The third kappa shape index (κ3) is 16.0. The minimum atomic E-state index is -0.933. The summed E-state index contributed by atoms with van der Waals surface area (Å²) in [6.07, 6.45) is 17.9. The summed E-state index contributed by atoms with van der Waals surface area (Å²) in [5.74, 6) is -2.04. The first-order valence-electron chi connectivity index (χ1n) is 19.6. The van der Waals surface area contributed by atoms with Crippen molar-refractivity contribution in [2.75, 3.05) is 27.2 Å². The molecule has 3 amide bonds. The van der Waals surface area contributed by atoms with Gasteiger partial charge in [-0.25, -0.2) is 5.48 Å². The number of aliphatic carboxylic acids is 1. The Balaban J connectivity index is 0.000000296. The summed E-state index contributed by atoms with van der Waals surface area (Å²) in [4.78, 5) is 80.4. The molecule has 3 N–H and O–H groups in total. The summed E-state index contributed by atoms with van der Waals surface area (Å²) >= 11 is 0. The lowest BCUT2D eigenvalue weighted by molar-refractivity contribution is -0.137. The Labute approximate surface area is 322 Å². The molecule has 2 aliphatic carbocycles. The SMILES string of the molecule is CC(=O)CN(C)C(=O)c1noc([C@H](CCCC2CCCCC2)CC(=O)NO)n1.CC(=O)CN(C)C(=O)c1noc([C@H](CCCC2CCCCC2)CC(=O)O)n1. The highest BCUT2D eigenvalue weighted by atomic mass is 16.5. The highest BCUT2D eigenvalue weighted by Crippen LogP contribution is 2.32. The van der Waals surface area contributed by atoms with Gasteiger partial charge in [0.25, 0.3) is 23.5 Å². The molecule has 2 fully saturated rings. The number of hydrogen-bond acceptors (Lipinski definition) is 13. The lowest BCUT2D eigenvalue weighted by Gasteiger charge is -2.22. The first-order chi connectivity index (χ1) is 26.3. The molecule has 2 aromatic rings. The second-order valence-electron chi connectivity index (χ2n) is 15.2. The zero-order valence-corrected chi connectivity index (χ0v) is 32.8. The molecule has 2 atom stereocenters. The van der Waals surface area contributed by atoms with E-state index in [1.165, 1.54) is 102 Å². The quantitative estimate of drug-likeness (QED) is 0.111. The number of carbonyl (C=O) groups excluding carboxylic acids is 5. The van der Waals surface area contributed by atoms with Crippen LogP contribution in [0.2, 0.25) is 0 Å². The number of hydrogen-bond donors (Lipinski definition) is 3. The molecule has 17 heteroatoms. The third-order valence-corrected chi connectivity index (χ3v) is 10.3. The van der Waals surface area contributed by atoms with Crippen molar-refractivity contribution < 1.29 is 48.1 Å². The molecule has 0 aliphatic heterocycles. The van der Waals surface area contributed by atoms with E-state index in [0.29, 0.717) is 12.8 Å². The van der Waals surface area contributed by atoms with Crippen LogP contribution in [0.4, 0.5) is 0 Å². The van der Waals surface area contributed by atoms with Crippen LogP contribution in [0.15, 0.2) is 9.05 Å². The number of nitrogens with zero attached hydrogens (tertiary/aromatic N) is 6. The van der Waals surface area contributed by atoms with Crippen LogP contribution in [-0.2, 0) is 19.2 Å². The number of Topliss-reactive ketones (excluding diaryl/α,β-unsaturated/α-hetero) is 2. The highest BCUT2D eigenvalue weighted by Gasteiger charge is 2.28. The Morgan fingerprint density at radius 2 is 1.09 bits per heavy atom. The fraction of sp³-hybridized carbons (Fsp3) is 0.737. The Morgan fingerprint density at radius 3 is 1.45 bits per heavy atom. The topological polar surface area (TPSA) is 239 Å². The van der Waals surface area contributed by atoms with Gasteiger partial charge < -0.3 is 24.0 Å². The first kappa shape index (κ1) is 44.9. The molecule has 306 valence electrons. The van der Waals surface area contributed by atoms with Gasteiger partial charge in [-0.05, 0) is 38.5 Å².